The molecule has 0 aromatic heterocycles. The van der Waals surface area contributed by atoms with E-state index in [2.05, 4.69) is 17.4 Å². The van der Waals surface area contributed by atoms with Crippen LogP contribution >= 0.6 is 0 Å². The van der Waals surface area contributed by atoms with Crippen LogP contribution in [0.25, 0.3) is 0 Å². The van der Waals surface area contributed by atoms with E-state index in [0.29, 0.717) is 6.04 Å². The minimum Gasteiger partial charge on any atom is -0.252 e. The first-order valence-corrected chi connectivity index (χ1v) is 6.37. The first-order valence-electron chi connectivity index (χ1n) is 6.37. The maximum atomic E-state index is 3.69. The Morgan fingerprint density at radius 1 is 1.00 bits per heavy atom. The van der Waals surface area contributed by atoms with Gasteiger partial charge in [0.15, 0.2) is 0 Å². The predicted molar refractivity (Wildman–Crippen MR) is 60.0 cm³/mol. The van der Waals surface area contributed by atoms with E-state index in [1.807, 2.05) is 0 Å². The molecule has 2 aliphatic rings. The lowest BCUT2D eigenvalue weighted by Crippen LogP contribution is -2.48. The second-order valence-electron chi connectivity index (χ2n) is 5.01. The zero-order valence-corrected chi connectivity index (χ0v) is 9.47. The average Bonchev–Trinajstić information content (AvgIpc) is 2.72. The van der Waals surface area contributed by atoms with Crippen LogP contribution in [0.1, 0.15) is 51.9 Å². The molecule has 14 heavy (non-hydrogen) atoms. The van der Waals surface area contributed by atoms with Gasteiger partial charge in [0.05, 0.1) is 0 Å². The normalized spacial score (nSPS) is 28.1. The average molecular weight is 196 g/mol. The van der Waals surface area contributed by atoms with Gasteiger partial charge in [0, 0.05) is 19.1 Å². The minimum absolute atomic E-state index is 0.704. The first kappa shape index (κ1) is 10.4. The molecule has 2 fully saturated rings. The van der Waals surface area contributed by atoms with Gasteiger partial charge in [-0.05, 0) is 38.5 Å². The SMILES string of the molecule is CC(NN1CCCCC1)C1CCCC1. The van der Waals surface area contributed by atoms with Gasteiger partial charge < -0.3 is 0 Å². The molecule has 1 N–H and O–H groups in total. The van der Waals surface area contributed by atoms with E-state index >= 15 is 0 Å². The van der Waals surface area contributed by atoms with Crippen molar-refractivity contribution in [2.75, 3.05) is 13.1 Å². The highest BCUT2D eigenvalue weighted by Gasteiger charge is 2.23. The van der Waals surface area contributed by atoms with Crippen LogP contribution in [0.3, 0.4) is 0 Å². The van der Waals surface area contributed by atoms with E-state index in [1.165, 1.54) is 58.0 Å². The van der Waals surface area contributed by atoms with Gasteiger partial charge in [0.1, 0.15) is 0 Å². The van der Waals surface area contributed by atoms with Gasteiger partial charge in [-0.1, -0.05) is 19.3 Å². The number of rotatable bonds is 3. The molecule has 1 aliphatic heterocycles. The van der Waals surface area contributed by atoms with Gasteiger partial charge in [0.25, 0.3) is 0 Å². The Kier molecular flexibility index (Phi) is 3.82. The lowest BCUT2D eigenvalue weighted by molar-refractivity contribution is 0.114. The van der Waals surface area contributed by atoms with Crippen molar-refractivity contribution in [3.05, 3.63) is 0 Å². The highest BCUT2D eigenvalue weighted by Crippen LogP contribution is 2.27. The van der Waals surface area contributed by atoms with Crippen molar-refractivity contribution in [2.45, 2.75) is 57.9 Å². The smallest absolute Gasteiger partial charge is 0.0215 e. The molecular formula is C12H24N2. The summed E-state index contributed by atoms with van der Waals surface area (Å²) in [6.45, 7) is 4.89. The van der Waals surface area contributed by atoms with E-state index < -0.39 is 0 Å². The van der Waals surface area contributed by atoms with Crippen molar-refractivity contribution in [2.24, 2.45) is 5.92 Å². The Labute approximate surface area is 88.0 Å². The van der Waals surface area contributed by atoms with Crippen LogP contribution in [0, 0.1) is 5.92 Å². The van der Waals surface area contributed by atoms with Crippen LogP contribution in [0.15, 0.2) is 0 Å². The molecule has 1 atom stereocenters. The number of hydrazine groups is 1. The molecule has 1 saturated heterocycles. The summed E-state index contributed by atoms with van der Waals surface area (Å²) in [7, 11) is 0. The van der Waals surface area contributed by atoms with Crippen molar-refractivity contribution in [1.82, 2.24) is 10.4 Å². The lowest BCUT2D eigenvalue weighted by Gasteiger charge is -2.32. The van der Waals surface area contributed by atoms with Gasteiger partial charge in [-0.3, -0.25) is 5.43 Å². The molecule has 1 saturated carbocycles. The number of piperidine rings is 1. The van der Waals surface area contributed by atoms with Crippen molar-refractivity contribution >= 4 is 0 Å². The standard InChI is InChI=1S/C12H24N2/c1-11(12-7-3-4-8-12)13-14-9-5-2-6-10-14/h11-13H,2-10H2,1H3. The highest BCUT2D eigenvalue weighted by molar-refractivity contribution is 4.77. The first-order chi connectivity index (χ1) is 6.86. The molecule has 0 radical (unpaired) electrons. The Hall–Kier alpha value is -0.0800. The summed E-state index contributed by atoms with van der Waals surface area (Å²) in [5.74, 6) is 0.942. The van der Waals surface area contributed by atoms with Crippen molar-refractivity contribution in [1.29, 1.82) is 0 Å². The van der Waals surface area contributed by atoms with Crippen LogP contribution < -0.4 is 5.43 Å². The molecule has 1 aliphatic carbocycles. The quantitative estimate of drug-likeness (QED) is 0.746. The summed E-state index contributed by atoms with van der Waals surface area (Å²) in [5, 5.41) is 2.45. The third kappa shape index (κ3) is 2.71. The molecule has 0 aromatic rings. The fourth-order valence-corrected chi connectivity index (χ4v) is 2.87. The third-order valence-corrected chi connectivity index (χ3v) is 3.85. The van der Waals surface area contributed by atoms with Crippen molar-refractivity contribution < 1.29 is 0 Å². The molecule has 0 bridgehead atoms. The molecule has 82 valence electrons. The van der Waals surface area contributed by atoms with Crippen LogP contribution in [0.4, 0.5) is 0 Å². The monoisotopic (exact) mass is 196 g/mol. The van der Waals surface area contributed by atoms with E-state index in [9.17, 15) is 0 Å². The minimum atomic E-state index is 0.704. The summed E-state index contributed by atoms with van der Waals surface area (Å²) in [6, 6.07) is 0.704. The molecule has 1 unspecified atom stereocenters. The van der Waals surface area contributed by atoms with Crippen LogP contribution in [0.5, 0.6) is 0 Å². The summed E-state index contributed by atoms with van der Waals surface area (Å²) >= 11 is 0. The predicted octanol–water partition coefficient (Wildman–Crippen LogP) is 2.56. The zero-order valence-electron chi connectivity index (χ0n) is 9.47. The molecular weight excluding hydrogens is 172 g/mol. The molecule has 1 heterocycles. The Balaban J connectivity index is 1.72. The third-order valence-electron chi connectivity index (χ3n) is 3.85. The Bertz CT molecular complexity index is 158. The highest BCUT2D eigenvalue weighted by atomic mass is 15.5. The molecule has 2 nitrogen and oxygen atoms in total. The van der Waals surface area contributed by atoms with Crippen molar-refractivity contribution in [3.63, 3.8) is 0 Å². The fraction of sp³-hybridized carbons (Fsp3) is 1.00. The largest absolute Gasteiger partial charge is 0.252 e. The van der Waals surface area contributed by atoms with Crippen molar-refractivity contribution in [3.8, 4) is 0 Å². The van der Waals surface area contributed by atoms with Gasteiger partial charge >= 0.3 is 0 Å². The maximum absolute atomic E-state index is 3.69. The Morgan fingerprint density at radius 2 is 1.64 bits per heavy atom. The summed E-state index contributed by atoms with van der Waals surface area (Å²) in [4.78, 5) is 0. The zero-order chi connectivity index (χ0) is 9.80. The summed E-state index contributed by atoms with van der Waals surface area (Å²) in [6.07, 6.45) is 9.99. The van der Waals surface area contributed by atoms with Gasteiger partial charge in [-0.25, -0.2) is 5.01 Å². The van der Waals surface area contributed by atoms with E-state index in [0.717, 1.165) is 5.92 Å². The lowest BCUT2D eigenvalue weighted by atomic mass is 10.0. The number of nitrogens with zero attached hydrogens (tertiary/aromatic N) is 1. The Morgan fingerprint density at radius 3 is 2.29 bits per heavy atom. The van der Waals surface area contributed by atoms with Crippen LogP contribution in [-0.4, -0.2) is 24.1 Å². The summed E-state index contributed by atoms with van der Waals surface area (Å²) < 4.78 is 0. The summed E-state index contributed by atoms with van der Waals surface area (Å²) in [5.41, 5.74) is 3.69. The second kappa shape index (κ2) is 5.13. The fourth-order valence-electron chi connectivity index (χ4n) is 2.87. The van der Waals surface area contributed by atoms with Crippen LogP contribution in [0.2, 0.25) is 0 Å². The molecule has 0 aromatic carbocycles. The van der Waals surface area contributed by atoms with E-state index in [4.69, 9.17) is 0 Å². The second-order valence-corrected chi connectivity index (χ2v) is 5.01. The topological polar surface area (TPSA) is 15.3 Å². The maximum Gasteiger partial charge on any atom is 0.0215 e. The number of hydrogen-bond acceptors (Lipinski definition) is 2. The molecule has 2 rings (SSSR count). The van der Waals surface area contributed by atoms with E-state index in [1.54, 1.807) is 0 Å². The number of hydrogen-bond donors (Lipinski definition) is 1. The molecule has 2 heteroatoms. The molecule has 0 amide bonds. The van der Waals surface area contributed by atoms with E-state index in [-0.39, 0.29) is 0 Å². The van der Waals surface area contributed by atoms with Gasteiger partial charge in [-0.2, -0.15) is 0 Å². The van der Waals surface area contributed by atoms with Gasteiger partial charge in [-0.15, -0.1) is 0 Å². The molecule has 0 spiro atoms. The number of nitrogens with one attached hydrogen (secondary N) is 1. The van der Waals surface area contributed by atoms with Crippen LogP contribution in [-0.2, 0) is 0 Å². The van der Waals surface area contributed by atoms with Gasteiger partial charge in [0.2, 0.25) is 0 Å².